The van der Waals surface area contributed by atoms with Crippen LogP contribution < -0.4 is 5.32 Å². The van der Waals surface area contributed by atoms with E-state index in [1.165, 1.54) is 12.7 Å². The highest BCUT2D eigenvalue weighted by Crippen LogP contribution is 2.19. The third-order valence-corrected chi connectivity index (χ3v) is 3.61. The molecule has 1 atom stereocenters. The molecule has 0 heterocycles. The zero-order chi connectivity index (χ0) is 15.6. The van der Waals surface area contributed by atoms with Crippen molar-refractivity contribution in [3.05, 3.63) is 71.8 Å². The number of nitrogens with one attached hydrogen (secondary N) is 1. The normalized spacial score (nSPS) is 11.9. The summed E-state index contributed by atoms with van der Waals surface area (Å²) in [5.41, 5.74) is 2.47. The molecule has 1 N–H and O–H groups in total. The monoisotopic (exact) mass is 297 g/mol. The first-order chi connectivity index (χ1) is 10.8. The molecule has 0 spiro atoms. The van der Waals surface area contributed by atoms with E-state index >= 15 is 0 Å². The Morgan fingerprint density at radius 2 is 1.68 bits per heavy atom. The van der Waals surface area contributed by atoms with Crippen LogP contribution in [-0.4, -0.2) is 19.6 Å². The number of amides is 1. The van der Waals surface area contributed by atoms with Crippen LogP contribution in [0.25, 0.3) is 0 Å². The molecule has 2 aromatic rings. The van der Waals surface area contributed by atoms with Crippen LogP contribution >= 0.6 is 0 Å². The SMILES string of the molecule is COCC(=O)NC(CCCc1ccccc1)c1ccccc1. The number of hydrogen-bond acceptors (Lipinski definition) is 2. The van der Waals surface area contributed by atoms with Gasteiger partial charge in [0.25, 0.3) is 0 Å². The van der Waals surface area contributed by atoms with Crippen molar-refractivity contribution >= 4 is 5.91 Å². The molecular weight excluding hydrogens is 274 g/mol. The lowest BCUT2D eigenvalue weighted by Crippen LogP contribution is -2.31. The third-order valence-electron chi connectivity index (χ3n) is 3.61. The van der Waals surface area contributed by atoms with Crippen molar-refractivity contribution < 1.29 is 9.53 Å². The second kappa shape index (κ2) is 9.00. The van der Waals surface area contributed by atoms with E-state index in [4.69, 9.17) is 4.74 Å². The summed E-state index contributed by atoms with van der Waals surface area (Å²) in [4.78, 5) is 11.8. The van der Waals surface area contributed by atoms with Crippen molar-refractivity contribution in [2.75, 3.05) is 13.7 Å². The van der Waals surface area contributed by atoms with Crippen molar-refractivity contribution in [3.63, 3.8) is 0 Å². The second-order valence-electron chi connectivity index (χ2n) is 5.34. The molecule has 0 saturated heterocycles. The van der Waals surface area contributed by atoms with Crippen LogP contribution in [0.4, 0.5) is 0 Å². The quantitative estimate of drug-likeness (QED) is 0.809. The molecule has 0 aliphatic carbocycles. The van der Waals surface area contributed by atoms with Gasteiger partial charge < -0.3 is 10.1 Å². The van der Waals surface area contributed by atoms with Gasteiger partial charge in [0.05, 0.1) is 6.04 Å². The van der Waals surface area contributed by atoms with Crippen molar-refractivity contribution in [2.45, 2.75) is 25.3 Å². The summed E-state index contributed by atoms with van der Waals surface area (Å²) in [6.45, 7) is 0.0992. The maximum absolute atomic E-state index is 11.8. The Bertz CT molecular complexity index is 554. The van der Waals surface area contributed by atoms with Gasteiger partial charge in [-0.1, -0.05) is 60.7 Å². The number of carbonyl (C=O) groups excluding carboxylic acids is 1. The van der Waals surface area contributed by atoms with Crippen LogP contribution in [0.15, 0.2) is 60.7 Å². The molecule has 0 fully saturated rings. The molecule has 2 rings (SSSR count). The van der Waals surface area contributed by atoms with E-state index in [1.54, 1.807) is 0 Å². The van der Waals surface area contributed by atoms with E-state index < -0.39 is 0 Å². The molecule has 0 aliphatic heterocycles. The molecule has 1 unspecified atom stereocenters. The molecule has 3 nitrogen and oxygen atoms in total. The lowest BCUT2D eigenvalue weighted by atomic mass is 9.99. The minimum atomic E-state index is -0.0731. The van der Waals surface area contributed by atoms with Gasteiger partial charge in [-0.05, 0) is 30.4 Å². The summed E-state index contributed by atoms with van der Waals surface area (Å²) >= 11 is 0. The number of rotatable bonds is 8. The van der Waals surface area contributed by atoms with Gasteiger partial charge in [-0.3, -0.25) is 4.79 Å². The van der Waals surface area contributed by atoms with E-state index in [0.717, 1.165) is 24.8 Å². The fourth-order valence-corrected chi connectivity index (χ4v) is 2.53. The Labute approximate surface area is 132 Å². The van der Waals surface area contributed by atoms with E-state index in [9.17, 15) is 4.79 Å². The molecule has 3 heteroatoms. The van der Waals surface area contributed by atoms with E-state index in [2.05, 4.69) is 41.7 Å². The average Bonchev–Trinajstić information content (AvgIpc) is 2.56. The zero-order valence-electron chi connectivity index (χ0n) is 13.0. The smallest absolute Gasteiger partial charge is 0.246 e. The standard InChI is InChI=1S/C19H23NO2/c1-22-15-19(21)20-18(17-12-6-3-7-13-17)14-8-11-16-9-4-2-5-10-16/h2-7,9-10,12-13,18H,8,11,14-15H2,1H3,(H,20,21). The minimum Gasteiger partial charge on any atom is -0.375 e. The van der Waals surface area contributed by atoms with Gasteiger partial charge in [0, 0.05) is 7.11 Å². The summed E-state index contributed by atoms with van der Waals surface area (Å²) in [6, 6.07) is 20.6. The van der Waals surface area contributed by atoms with Gasteiger partial charge >= 0.3 is 0 Å². The Balaban J connectivity index is 1.94. The molecule has 1 amide bonds. The Hall–Kier alpha value is -2.13. The molecule has 2 aromatic carbocycles. The van der Waals surface area contributed by atoms with Crippen LogP contribution in [0.5, 0.6) is 0 Å². The van der Waals surface area contributed by atoms with Gasteiger partial charge in [-0.25, -0.2) is 0 Å². The van der Waals surface area contributed by atoms with Gasteiger partial charge in [-0.2, -0.15) is 0 Å². The lowest BCUT2D eigenvalue weighted by Gasteiger charge is -2.19. The number of benzene rings is 2. The summed E-state index contributed by atoms with van der Waals surface area (Å²) in [6.07, 6.45) is 2.95. The third kappa shape index (κ3) is 5.34. The fourth-order valence-electron chi connectivity index (χ4n) is 2.53. The molecule has 0 saturated carbocycles. The number of methoxy groups -OCH3 is 1. The van der Waals surface area contributed by atoms with E-state index in [-0.39, 0.29) is 18.6 Å². The van der Waals surface area contributed by atoms with Gasteiger partial charge in [0.15, 0.2) is 0 Å². The zero-order valence-corrected chi connectivity index (χ0v) is 13.0. The van der Waals surface area contributed by atoms with Crippen molar-refractivity contribution in [1.29, 1.82) is 0 Å². The number of ether oxygens (including phenoxy) is 1. The Morgan fingerprint density at radius 3 is 2.32 bits per heavy atom. The molecule has 0 aromatic heterocycles. The number of carbonyl (C=O) groups is 1. The van der Waals surface area contributed by atoms with Gasteiger partial charge in [-0.15, -0.1) is 0 Å². The first-order valence-electron chi connectivity index (χ1n) is 7.67. The Kier molecular flexibility index (Phi) is 6.65. The van der Waals surface area contributed by atoms with Crippen LogP contribution in [0.3, 0.4) is 0 Å². The molecule has 0 bridgehead atoms. The molecular formula is C19H23NO2. The molecule has 116 valence electrons. The van der Waals surface area contributed by atoms with Crippen LogP contribution in [0.1, 0.15) is 30.0 Å². The highest BCUT2D eigenvalue weighted by Gasteiger charge is 2.14. The van der Waals surface area contributed by atoms with E-state index in [1.807, 2.05) is 24.3 Å². The largest absolute Gasteiger partial charge is 0.375 e. The van der Waals surface area contributed by atoms with Crippen LogP contribution in [0, 0.1) is 0 Å². The van der Waals surface area contributed by atoms with Gasteiger partial charge in [0.1, 0.15) is 6.61 Å². The summed E-state index contributed by atoms with van der Waals surface area (Å²) in [5.74, 6) is -0.0731. The first-order valence-corrected chi connectivity index (χ1v) is 7.67. The van der Waals surface area contributed by atoms with Crippen LogP contribution in [-0.2, 0) is 16.0 Å². The molecule has 0 radical (unpaired) electrons. The topological polar surface area (TPSA) is 38.3 Å². The van der Waals surface area contributed by atoms with Crippen molar-refractivity contribution in [1.82, 2.24) is 5.32 Å². The molecule has 0 aliphatic rings. The average molecular weight is 297 g/mol. The maximum Gasteiger partial charge on any atom is 0.246 e. The Morgan fingerprint density at radius 1 is 1.05 bits per heavy atom. The second-order valence-corrected chi connectivity index (χ2v) is 5.34. The van der Waals surface area contributed by atoms with E-state index in [0.29, 0.717) is 0 Å². The molecule has 22 heavy (non-hydrogen) atoms. The van der Waals surface area contributed by atoms with Crippen molar-refractivity contribution in [2.24, 2.45) is 0 Å². The lowest BCUT2D eigenvalue weighted by molar-refractivity contribution is -0.125. The first kappa shape index (κ1) is 16.2. The fraction of sp³-hybridized carbons (Fsp3) is 0.316. The maximum atomic E-state index is 11.8. The predicted molar refractivity (Wildman–Crippen MR) is 88.6 cm³/mol. The van der Waals surface area contributed by atoms with Crippen molar-refractivity contribution in [3.8, 4) is 0 Å². The summed E-state index contributed by atoms with van der Waals surface area (Å²) in [7, 11) is 1.53. The van der Waals surface area contributed by atoms with Crippen LogP contribution in [0.2, 0.25) is 0 Å². The predicted octanol–water partition coefficient (Wildman–Crippen LogP) is 3.51. The highest BCUT2D eigenvalue weighted by molar-refractivity contribution is 5.77. The number of aryl methyl sites for hydroxylation is 1. The number of hydrogen-bond donors (Lipinski definition) is 1. The summed E-state index contributed by atoms with van der Waals surface area (Å²) in [5, 5.41) is 3.06. The summed E-state index contributed by atoms with van der Waals surface area (Å²) < 4.78 is 4.90. The highest BCUT2D eigenvalue weighted by atomic mass is 16.5. The minimum absolute atomic E-state index is 0.0348. The van der Waals surface area contributed by atoms with Gasteiger partial charge in [0.2, 0.25) is 5.91 Å².